The second kappa shape index (κ2) is 5.87. The summed E-state index contributed by atoms with van der Waals surface area (Å²) in [5.74, 6) is -0.897. The highest BCUT2D eigenvalue weighted by molar-refractivity contribution is 7.89. The molecule has 0 radical (unpaired) electrons. The van der Waals surface area contributed by atoms with Gasteiger partial charge in [-0.2, -0.15) is 0 Å². The Labute approximate surface area is 121 Å². The van der Waals surface area contributed by atoms with Gasteiger partial charge >= 0.3 is 0 Å². The minimum absolute atomic E-state index is 0.434. The number of rotatable bonds is 4. The van der Waals surface area contributed by atoms with Gasteiger partial charge in [0.05, 0.1) is 0 Å². The number of hydrogen-bond donors (Lipinski definition) is 1. The fourth-order valence-corrected chi connectivity index (χ4v) is 3.28. The third-order valence-corrected chi connectivity index (χ3v) is 4.50. The molecule has 1 unspecified atom stereocenters. The Morgan fingerprint density at radius 1 is 1.25 bits per heavy atom. The highest BCUT2D eigenvalue weighted by Gasteiger charge is 2.23. The van der Waals surface area contributed by atoms with Crippen molar-refractivity contribution in [1.29, 1.82) is 0 Å². The molecule has 2 rings (SSSR count). The van der Waals surface area contributed by atoms with E-state index in [1.54, 1.807) is 31.2 Å². The van der Waals surface area contributed by atoms with Gasteiger partial charge in [-0.1, -0.05) is 29.8 Å². The molecule has 20 heavy (non-hydrogen) atoms. The van der Waals surface area contributed by atoms with Crippen LogP contribution in [0.3, 0.4) is 0 Å². The van der Waals surface area contributed by atoms with E-state index in [0.717, 1.165) is 6.07 Å². The average Bonchev–Trinajstić information content (AvgIpc) is 2.38. The first-order valence-electron chi connectivity index (χ1n) is 5.79. The third-order valence-electron chi connectivity index (χ3n) is 2.68. The van der Waals surface area contributed by atoms with Crippen molar-refractivity contribution in [2.75, 3.05) is 0 Å². The summed E-state index contributed by atoms with van der Waals surface area (Å²) in [7, 11) is -4.05. The first kappa shape index (κ1) is 14.9. The molecule has 1 N–H and O–H groups in total. The Balaban J connectivity index is 2.30. The molecule has 4 nitrogen and oxygen atoms in total. The van der Waals surface area contributed by atoms with E-state index >= 15 is 0 Å². The van der Waals surface area contributed by atoms with Crippen LogP contribution in [-0.4, -0.2) is 13.4 Å². The average molecular weight is 315 g/mol. The van der Waals surface area contributed by atoms with E-state index in [1.807, 2.05) is 0 Å². The molecule has 0 aliphatic heterocycles. The first-order chi connectivity index (χ1) is 9.42. The van der Waals surface area contributed by atoms with Gasteiger partial charge in [-0.3, -0.25) is 0 Å². The van der Waals surface area contributed by atoms with Crippen molar-refractivity contribution in [3.8, 4) is 0 Å². The second-order valence-electron chi connectivity index (χ2n) is 4.15. The standard InChI is InChI=1S/C13H12ClFN2O2S/c1-9(10-5-2-3-6-11(10)14)17-20(18,19)13-12(15)7-4-8-16-13/h2-9,17H,1H3. The minimum Gasteiger partial charge on any atom is -0.241 e. The first-order valence-corrected chi connectivity index (χ1v) is 7.65. The van der Waals surface area contributed by atoms with Gasteiger partial charge in [0, 0.05) is 17.3 Å². The van der Waals surface area contributed by atoms with E-state index < -0.39 is 26.9 Å². The van der Waals surface area contributed by atoms with Gasteiger partial charge in [-0.15, -0.1) is 0 Å². The molecule has 1 aromatic heterocycles. The van der Waals surface area contributed by atoms with Crippen molar-refractivity contribution in [1.82, 2.24) is 9.71 Å². The summed E-state index contributed by atoms with van der Waals surface area (Å²) >= 11 is 6.00. The number of hydrogen-bond acceptors (Lipinski definition) is 3. The van der Waals surface area contributed by atoms with Crippen molar-refractivity contribution in [3.63, 3.8) is 0 Å². The molecule has 0 aliphatic carbocycles. The zero-order valence-electron chi connectivity index (χ0n) is 10.5. The summed E-state index contributed by atoms with van der Waals surface area (Å²) < 4.78 is 40.0. The normalized spacial score (nSPS) is 13.2. The summed E-state index contributed by atoms with van der Waals surface area (Å²) in [6.45, 7) is 1.62. The molecule has 0 fully saturated rings. The molecule has 7 heteroatoms. The molecule has 106 valence electrons. The summed E-state index contributed by atoms with van der Waals surface area (Å²) in [6, 6.07) is 8.61. The Bertz CT molecular complexity index is 722. The van der Waals surface area contributed by atoms with Gasteiger partial charge in [0.15, 0.2) is 5.82 Å². The number of pyridine rings is 1. The van der Waals surface area contributed by atoms with Gasteiger partial charge in [-0.05, 0) is 30.7 Å². The van der Waals surface area contributed by atoms with E-state index in [2.05, 4.69) is 9.71 Å². The molecule has 1 heterocycles. The number of sulfonamides is 1. The van der Waals surface area contributed by atoms with E-state index in [4.69, 9.17) is 11.6 Å². The Hall–Kier alpha value is -1.50. The van der Waals surface area contributed by atoms with Crippen LogP contribution in [-0.2, 0) is 10.0 Å². The van der Waals surface area contributed by atoms with Crippen LogP contribution in [0.25, 0.3) is 0 Å². The maximum atomic E-state index is 13.5. The third kappa shape index (κ3) is 3.15. The monoisotopic (exact) mass is 314 g/mol. The van der Waals surface area contributed by atoms with Gasteiger partial charge < -0.3 is 0 Å². The van der Waals surface area contributed by atoms with E-state index in [1.165, 1.54) is 12.3 Å². The van der Waals surface area contributed by atoms with Crippen LogP contribution in [0.1, 0.15) is 18.5 Å². The lowest BCUT2D eigenvalue weighted by atomic mass is 10.1. The Morgan fingerprint density at radius 2 is 1.95 bits per heavy atom. The molecular formula is C13H12ClFN2O2S. The van der Waals surface area contributed by atoms with Crippen molar-refractivity contribution < 1.29 is 12.8 Å². The van der Waals surface area contributed by atoms with Crippen molar-refractivity contribution in [3.05, 3.63) is 59.0 Å². The minimum atomic E-state index is -4.05. The van der Waals surface area contributed by atoms with E-state index in [9.17, 15) is 12.8 Å². The van der Waals surface area contributed by atoms with Gasteiger partial charge in [0.25, 0.3) is 10.0 Å². The van der Waals surface area contributed by atoms with Gasteiger partial charge in [0.1, 0.15) is 0 Å². The molecule has 0 saturated heterocycles. The maximum absolute atomic E-state index is 13.5. The summed E-state index contributed by atoms with van der Waals surface area (Å²) in [5.41, 5.74) is 0.606. The van der Waals surface area contributed by atoms with Crippen LogP contribution in [0.4, 0.5) is 4.39 Å². The predicted molar refractivity (Wildman–Crippen MR) is 74.4 cm³/mol. The lowest BCUT2D eigenvalue weighted by Gasteiger charge is -2.15. The van der Waals surface area contributed by atoms with Crippen LogP contribution >= 0.6 is 11.6 Å². The molecule has 2 aromatic rings. The maximum Gasteiger partial charge on any atom is 0.261 e. The molecule has 0 bridgehead atoms. The Morgan fingerprint density at radius 3 is 2.60 bits per heavy atom. The number of benzene rings is 1. The van der Waals surface area contributed by atoms with Crippen molar-refractivity contribution in [2.24, 2.45) is 0 Å². The fraction of sp³-hybridized carbons (Fsp3) is 0.154. The topological polar surface area (TPSA) is 59.1 Å². The summed E-state index contributed by atoms with van der Waals surface area (Å²) in [4.78, 5) is 3.56. The van der Waals surface area contributed by atoms with Crippen LogP contribution in [0, 0.1) is 5.82 Å². The zero-order chi connectivity index (χ0) is 14.8. The molecule has 0 aliphatic rings. The highest BCUT2D eigenvalue weighted by atomic mass is 35.5. The van der Waals surface area contributed by atoms with Crippen LogP contribution in [0.5, 0.6) is 0 Å². The van der Waals surface area contributed by atoms with Crippen molar-refractivity contribution >= 4 is 21.6 Å². The van der Waals surface area contributed by atoms with Gasteiger partial charge in [0.2, 0.25) is 5.03 Å². The smallest absolute Gasteiger partial charge is 0.241 e. The summed E-state index contributed by atoms with van der Waals surface area (Å²) in [5, 5.41) is -0.192. The van der Waals surface area contributed by atoms with E-state index in [-0.39, 0.29) is 0 Å². The SMILES string of the molecule is CC(NS(=O)(=O)c1ncccc1F)c1ccccc1Cl. The largest absolute Gasteiger partial charge is 0.261 e. The molecule has 1 aromatic carbocycles. The fourth-order valence-electron chi connectivity index (χ4n) is 1.75. The quantitative estimate of drug-likeness (QED) is 0.944. The number of nitrogens with zero attached hydrogens (tertiary/aromatic N) is 1. The number of halogens is 2. The summed E-state index contributed by atoms with van der Waals surface area (Å²) in [6.07, 6.45) is 1.22. The highest BCUT2D eigenvalue weighted by Crippen LogP contribution is 2.24. The zero-order valence-corrected chi connectivity index (χ0v) is 12.1. The lowest BCUT2D eigenvalue weighted by molar-refractivity contribution is 0.536. The van der Waals surface area contributed by atoms with Crippen LogP contribution in [0.15, 0.2) is 47.6 Å². The van der Waals surface area contributed by atoms with Gasteiger partial charge in [-0.25, -0.2) is 22.5 Å². The number of aromatic nitrogens is 1. The number of nitrogens with one attached hydrogen (secondary N) is 1. The molecule has 0 amide bonds. The molecular weight excluding hydrogens is 303 g/mol. The lowest BCUT2D eigenvalue weighted by Crippen LogP contribution is -2.28. The van der Waals surface area contributed by atoms with E-state index in [0.29, 0.717) is 10.6 Å². The van der Waals surface area contributed by atoms with Crippen LogP contribution < -0.4 is 4.72 Å². The molecule has 1 atom stereocenters. The second-order valence-corrected chi connectivity index (χ2v) is 6.19. The van der Waals surface area contributed by atoms with Crippen molar-refractivity contribution in [2.45, 2.75) is 18.0 Å². The van der Waals surface area contributed by atoms with Crippen LogP contribution in [0.2, 0.25) is 5.02 Å². The molecule has 0 spiro atoms. The Kier molecular flexibility index (Phi) is 4.37. The predicted octanol–water partition coefficient (Wildman–Crippen LogP) is 2.91. The molecule has 0 saturated carbocycles.